The van der Waals surface area contributed by atoms with Gasteiger partial charge >= 0.3 is 0 Å². The van der Waals surface area contributed by atoms with Gasteiger partial charge < -0.3 is 5.73 Å². The molecule has 0 spiro atoms. The van der Waals surface area contributed by atoms with Crippen LogP contribution in [0.5, 0.6) is 0 Å². The number of aryl methyl sites for hydroxylation is 1. The highest BCUT2D eigenvalue weighted by atomic mass is 32.2. The molecule has 0 unspecified atom stereocenters. The van der Waals surface area contributed by atoms with E-state index in [-0.39, 0.29) is 18.3 Å². The van der Waals surface area contributed by atoms with Crippen molar-refractivity contribution < 1.29 is 27.0 Å². The summed E-state index contributed by atoms with van der Waals surface area (Å²) in [5.41, 5.74) is 8.27. The Hall–Kier alpha value is -2.60. The number of carbonyl (C=O) groups excluding carboxylic acids is 2. The van der Waals surface area contributed by atoms with Gasteiger partial charge in [0.2, 0.25) is 5.91 Å². The fraction of sp³-hybridized carbons (Fsp3) is 0.346. The minimum absolute atomic E-state index is 0.142. The van der Waals surface area contributed by atoms with Gasteiger partial charge in [-0.05, 0) is 60.7 Å². The zero-order valence-electron chi connectivity index (χ0n) is 20.8. The summed E-state index contributed by atoms with van der Waals surface area (Å²) in [6.07, 6.45) is 5.95. The van der Waals surface area contributed by atoms with E-state index in [1.807, 2.05) is 19.1 Å². The van der Waals surface area contributed by atoms with Crippen molar-refractivity contribution in [2.75, 3.05) is 12.3 Å². The molecular weight excluding hydrogens is 535 g/mol. The van der Waals surface area contributed by atoms with Crippen LogP contribution in [-0.4, -0.2) is 46.3 Å². The molecule has 2 aromatic rings. The maximum Gasteiger partial charge on any atom is 0.266 e. The van der Waals surface area contributed by atoms with Crippen LogP contribution in [0.15, 0.2) is 53.4 Å². The van der Waals surface area contributed by atoms with E-state index in [9.17, 15) is 22.4 Å². The fourth-order valence-electron chi connectivity index (χ4n) is 3.45. The lowest BCUT2D eigenvalue weighted by Crippen LogP contribution is -2.32. The average molecular weight is 567 g/mol. The number of nitrogens with zero attached hydrogens (tertiary/aromatic N) is 1. The average Bonchev–Trinajstić information content (AvgIpc) is 3.13. The third-order valence-corrected chi connectivity index (χ3v) is 7.85. The second-order valence-corrected chi connectivity index (χ2v) is 11.7. The summed E-state index contributed by atoms with van der Waals surface area (Å²) in [7, 11) is -4.14. The summed E-state index contributed by atoms with van der Waals surface area (Å²) >= 11 is 6.37. The molecule has 2 aromatic carbocycles. The molecule has 3 rings (SSSR count). The number of thiocarbonyl (C=S) groups is 1. The minimum atomic E-state index is -4.14. The van der Waals surface area contributed by atoms with Crippen LogP contribution in [0.25, 0.3) is 5.57 Å². The van der Waals surface area contributed by atoms with Crippen LogP contribution in [-0.2, 0) is 21.3 Å². The molecule has 200 valence electrons. The van der Waals surface area contributed by atoms with Gasteiger partial charge in [-0.3, -0.25) is 19.0 Å². The number of hydrogen-bond donors (Lipinski definition) is 2. The monoisotopic (exact) mass is 566 g/mol. The van der Waals surface area contributed by atoms with Gasteiger partial charge in [-0.1, -0.05) is 74.4 Å². The zero-order chi connectivity index (χ0) is 27.6. The molecule has 0 aromatic heterocycles. The Morgan fingerprint density at radius 3 is 2.19 bits per heavy atom. The van der Waals surface area contributed by atoms with Gasteiger partial charge in [-0.2, -0.15) is 8.42 Å². The van der Waals surface area contributed by atoms with Crippen LogP contribution in [0.4, 0.5) is 4.39 Å². The van der Waals surface area contributed by atoms with E-state index in [2.05, 4.69) is 19.1 Å². The summed E-state index contributed by atoms with van der Waals surface area (Å²) in [6.45, 7) is 3.92. The van der Waals surface area contributed by atoms with Crippen molar-refractivity contribution in [3.05, 3.63) is 75.9 Å². The number of amides is 2. The second kappa shape index (κ2) is 14.4. The maximum atomic E-state index is 12.6. The Kier molecular flexibility index (Phi) is 11.9. The topological polar surface area (TPSA) is 118 Å². The molecule has 0 atom stereocenters. The van der Waals surface area contributed by atoms with Crippen LogP contribution in [0.3, 0.4) is 0 Å². The third kappa shape index (κ3) is 9.99. The van der Waals surface area contributed by atoms with Crippen LogP contribution in [0.2, 0.25) is 0 Å². The number of rotatable bonds is 10. The predicted octanol–water partition coefficient (Wildman–Crippen LogP) is 5.21. The zero-order valence-corrected chi connectivity index (χ0v) is 23.2. The van der Waals surface area contributed by atoms with E-state index in [1.54, 1.807) is 0 Å². The van der Waals surface area contributed by atoms with Gasteiger partial charge in [-0.15, -0.1) is 0 Å². The van der Waals surface area contributed by atoms with Crippen molar-refractivity contribution in [1.82, 2.24) is 4.90 Å². The summed E-state index contributed by atoms with van der Waals surface area (Å²) in [5, 5.41) is 0. The molecule has 37 heavy (non-hydrogen) atoms. The molecule has 0 bridgehead atoms. The summed E-state index contributed by atoms with van der Waals surface area (Å²) < 4.78 is 43.3. The molecule has 1 aliphatic rings. The quantitative estimate of drug-likeness (QED) is 0.175. The number of carbonyl (C=O) groups is 2. The van der Waals surface area contributed by atoms with E-state index >= 15 is 0 Å². The van der Waals surface area contributed by atoms with Crippen LogP contribution in [0.1, 0.15) is 61.0 Å². The second-order valence-electron chi connectivity index (χ2n) is 8.44. The molecule has 11 heteroatoms. The lowest BCUT2D eigenvalue weighted by atomic mass is 10.0. The molecule has 1 aliphatic heterocycles. The Morgan fingerprint density at radius 1 is 1.05 bits per heavy atom. The summed E-state index contributed by atoms with van der Waals surface area (Å²) in [6, 6.07) is 13.3. The Morgan fingerprint density at radius 2 is 1.65 bits per heavy atom. The van der Waals surface area contributed by atoms with Crippen LogP contribution in [0, 0.1) is 5.82 Å². The van der Waals surface area contributed by atoms with E-state index in [1.165, 1.54) is 72.2 Å². The van der Waals surface area contributed by atoms with Crippen molar-refractivity contribution in [1.29, 1.82) is 0 Å². The van der Waals surface area contributed by atoms with Gasteiger partial charge in [0.05, 0.1) is 10.7 Å². The highest BCUT2D eigenvalue weighted by Gasteiger charge is 2.34. The number of allylic oxidation sites excluding steroid dienone is 1. The number of thioether (sulfide) groups is 1. The first-order chi connectivity index (χ1) is 17.4. The number of primary amides is 1. The van der Waals surface area contributed by atoms with E-state index < -0.39 is 21.8 Å². The van der Waals surface area contributed by atoms with Crippen LogP contribution < -0.4 is 5.73 Å². The van der Waals surface area contributed by atoms with Gasteiger partial charge in [0.1, 0.15) is 10.1 Å². The van der Waals surface area contributed by atoms with E-state index in [0.717, 1.165) is 17.6 Å². The number of halogens is 1. The first-order valence-electron chi connectivity index (χ1n) is 11.8. The highest BCUT2D eigenvalue weighted by molar-refractivity contribution is 8.26. The summed E-state index contributed by atoms with van der Waals surface area (Å²) in [5.74, 6) is -1.75. The largest absolute Gasteiger partial charge is 0.366 e. The molecule has 7 nitrogen and oxygen atoms in total. The van der Waals surface area contributed by atoms with Crippen molar-refractivity contribution in [3.8, 4) is 0 Å². The van der Waals surface area contributed by atoms with Crippen LogP contribution >= 0.6 is 24.0 Å². The number of nitrogens with two attached hydrogens (primary N) is 1. The molecule has 0 aliphatic carbocycles. The van der Waals surface area contributed by atoms with Gasteiger partial charge in [0, 0.05) is 12.1 Å². The first kappa shape index (κ1) is 30.6. The normalized spacial score (nSPS) is 14.9. The lowest BCUT2D eigenvalue weighted by molar-refractivity contribution is -0.121. The smallest absolute Gasteiger partial charge is 0.266 e. The molecule has 2 amide bonds. The minimum Gasteiger partial charge on any atom is -0.366 e. The molecular formula is C26H31FN2O5S3. The maximum absolute atomic E-state index is 12.6. The predicted molar refractivity (Wildman–Crippen MR) is 150 cm³/mol. The number of benzene rings is 2. The molecule has 1 fully saturated rings. The number of unbranched alkanes of at least 4 members (excludes halogenated alkanes) is 3. The molecule has 0 radical (unpaired) electrons. The standard InChI is InChI=1S/C19H25NO4S3.C7H6FNO/c1-3-4-5-6-7-15-8-10-16(11-9-15)14(2)17-18(21)20(19(25)26-17)12-13-27(22,23)24;8-6-3-1-5(2-4-6)7(9)10/h8-11H,3-7,12-13H2,1-2H3,(H,22,23,24);1-4H,(H2,9,10). The Balaban J connectivity index is 0.000000402. The van der Waals surface area contributed by atoms with Crippen molar-refractivity contribution >= 4 is 55.8 Å². The van der Waals surface area contributed by atoms with Gasteiger partial charge in [0.15, 0.2) is 0 Å². The summed E-state index contributed by atoms with van der Waals surface area (Å²) in [4.78, 5) is 24.7. The van der Waals surface area contributed by atoms with Crippen molar-refractivity contribution in [3.63, 3.8) is 0 Å². The first-order valence-corrected chi connectivity index (χ1v) is 14.6. The SMILES string of the molecule is CCCCCCc1ccc(C(C)=C2SC(=S)N(CCS(=O)(=O)O)C2=O)cc1.NC(=O)c1ccc(F)cc1. The third-order valence-electron chi connectivity index (χ3n) is 5.60. The highest BCUT2D eigenvalue weighted by Crippen LogP contribution is 2.36. The van der Waals surface area contributed by atoms with Crippen molar-refractivity contribution in [2.24, 2.45) is 5.73 Å². The lowest BCUT2D eigenvalue weighted by Gasteiger charge is -2.13. The molecule has 1 saturated heterocycles. The van der Waals surface area contributed by atoms with Gasteiger partial charge in [-0.25, -0.2) is 4.39 Å². The van der Waals surface area contributed by atoms with Crippen molar-refractivity contribution in [2.45, 2.75) is 46.0 Å². The van der Waals surface area contributed by atoms with E-state index in [0.29, 0.717) is 14.8 Å². The molecule has 1 heterocycles. The van der Waals surface area contributed by atoms with Gasteiger partial charge in [0.25, 0.3) is 16.0 Å². The Bertz CT molecular complexity index is 1240. The number of hydrogen-bond acceptors (Lipinski definition) is 6. The molecule has 3 N–H and O–H groups in total. The molecule has 0 saturated carbocycles. The Labute approximate surface area is 227 Å². The fourth-order valence-corrected chi connectivity index (χ4v) is 5.22. The van der Waals surface area contributed by atoms with E-state index in [4.69, 9.17) is 22.5 Å².